The van der Waals surface area contributed by atoms with Gasteiger partial charge in [0.2, 0.25) is 5.91 Å². The van der Waals surface area contributed by atoms with Gasteiger partial charge in [-0.05, 0) is 53.7 Å². The summed E-state index contributed by atoms with van der Waals surface area (Å²) in [5.41, 5.74) is 0. The van der Waals surface area contributed by atoms with E-state index in [0.717, 1.165) is 34.3 Å². The first-order valence-corrected chi connectivity index (χ1v) is 9.59. The second-order valence-electron chi connectivity index (χ2n) is 6.16. The Labute approximate surface area is 143 Å². The second-order valence-corrected chi connectivity index (χ2v) is 8.62. The van der Waals surface area contributed by atoms with Crippen LogP contribution in [0, 0.1) is 5.92 Å². The molecule has 0 atom stereocenters. The van der Waals surface area contributed by atoms with E-state index in [1.54, 1.807) is 0 Å². The quantitative estimate of drug-likeness (QED) is 0.867. The predicted octanol–water partition coefficient (Wildman–Crippen LogP) is 3.42. The van der Waals surface area contributed by atoms with Crippen LogP contribution in [0.25, 0.3) is 0 Å². The van der Waals surface area contributed by atoms with Crippen molar-refractivity contribution in [2.45, 2.75) is 44.6 Å². The van der Waals surface area contributed by atoms with Crippen molar-refractivity contribution in [3.63, 3.8) is 0 Å². The molecule has 22 heavy (non-hydrogen) atoms. The van der Waals surface area contributed by atoms with Gasteiger partial charge in [0.1, 0.15) is 0 Å². The molecule has 4 nitrogen and oxygen atoms in total. The predicted molar refractivity (Wildman–Crippen MR) is 91.0 cm³/mol. The minimum Gasteiger partial charge on any atom is -0.353 e. The van der Waals surface area contributed by atoms with Crippen LogP contribution in [0.15, 0.2) is 15.9 Å². The number of nitrogens with zero attached hydrogens (tertiary/aromatic N) is 1. The molecular formula is C16H21BrN2O2S. The Morgan fingerprint density at radius 3 is 2.41 bits per heavy atom. The number of amides is 2. The van der Waals surface area contributed by atoms with Crippen molar-refractivity contribution < 1.29 is 9.59 Å². The van der Waals surface area contributed by atoms with Crippen LogP contribution in [0.5, 0.6) is 0 Å². The van der Waals surface area contributed by atoms with E-state index in [2.05, 4.69) is 21.2 Å². The van der Waals surface area contributed by atoms with E-state index in [0.29, 0.717) is 19.1 Å². The van der Waals surface area contributed by atoms with E-state index >= 15 is 0 Å². The van der Waals surface area contributed by atoms with E-state index in [1.807, 2.05) is 17.0 Å². The lowest BCUT2D eigenvalue weighted by atomic mass is 9.95. The Bertz CT molecular complexity index is 546. The molecule has 0 radical (unpaired) electrons. The average molecular weight is 385 g/mol. The highest BCUT2D eigenvalue weighted by Gasteiger charge is 2.29. The van der Waals surface area contributed by atoms with Gasteiger partial charge in [-0.25, -0.2) is 0 Å². The van der Waals surface area contributed by atoms with Gasteiger partial charge in [-0.3, -0.25) is 9.59 Å². The first-order chi connectivity index (χ1) is 10.6. The fourth-order valence-corrected chi connectivity index (χ4v) is 4.67. The highest BCUT2D eigenvalue weighted by Crippen LogP contribution is 2.26. The zero-order chi connectivity index (χ0) is 15.5. The summed E-state index contributed by atoms with van der Waals surface area (Å²) in [4.78, 5) is 27.3. The maximum Gasteiger partial charge on any atom is 0.263 e. The van der Waals surface area contributed by atoms with E-state index < -0.39 is 0 Å². The number of hydrogen-bond donors (Lipinski definition) is 1. The van der Waals surface area contributed by atoms with Gasteiger partial charge in [0.15, 0.2) is 0 Å². The number of piperidine rings is 1. The molecule has 2 amide bonds. The van der Waals surface area contributed by atoms with Gasteiger partial charge in [0.25, 0.3) is 5.91 Å². The molecule has 1 aliphatic carbocycles. The fraction of sp³-hybridized carbons (Fsp3) is 0.625. The summed E-state index contributed by atoms with van der Waals surface area (Å²) in [6.45, 7) is 1.36. The van der Waals surface area contributed by atoms with Crippen molar-refractivity contribution in [2.24, 2.45) is 5.92 Å². The van der Waals surface area contributed by atoms with Crippen molar-refractivity contribution >= 4 is 39.1 Å². The summed E-state index contributed by atoms with van der Waals surface area (Å²) >= 11 is 4.85. The molecule has 1 saturated heterocycles. The molecule has 1 aromatic heterocycles. The van der Waals surface area contributed by atoms with Gasteiger partial charge in [-0.15, -0.1) is 11.3 Å². The number of halogens is 1. The fourth-order valence-electron chi connectivity index (χ4n) is 3.32. The molecule has 2 heterocycles. The Morgan fingerprint density at radius 1 is 1.14 bits per heavy atom. The molecule has 2 fully saturated rings. The lowest BCUT2D eigenvalue weighted by Gasteiger charge is -2.31. The van der Waals surface area contributed by atoms with Crippen LogP contribution in [0.2, 0.25) is 0 Å². The van der Waals surface area contributed by atoms with Gasteiger partial charge < -0.3 is 10.2 Å². The van der Waals surface area contributed by atoms with Gasteiger partial charge in [-0.2, -0.15) is 0 Å². The van der Waals surface area contributed by atoms with Crippen LogP contribution in [0.1, 0.15) is 48.2 Å². The smallest absolute Gasteiger partial charge is 0.263 e. The second kappa shape index (κ2) is 7.13. The van der Waals surface area contributed by atoms with Gasteiger partial charge in [0, 0.05) is 25.0 Å². The standard InChI is InChI=1S/C16H21BrN2O2S/c17-14-6-5-13(22-14)16(21)19-9-7-11(8-10-19)15(20)18-12-3-1-2-4-12/h5-6,11-12H,1-4,7-10H2,(H,18,20). The minimum atomic E-state index is 0.0692. The SMILES string of the molecule is O=C(NC1CCCC1)C1CCN(C(=O)c2ccc(Br)s2)CC1. The van der Waals surface area contributed by atoms with Gasteiger partial charge in [-0.1, -0.05) is 12.8 Å². The summed E-state index contributed by atoms with van der Waals surface area (Å²) in [5, 5.41) is 3.18. The van der Waals surface area contributed by atoms with Crippen molar-refractivity contribution in [2.75, 3.05) is 13.1 Å². The minimum absolute atomic E-state index is 0.0692. The van der Waals surface area contributed by atoms with Crippen molar-refractivity contribution in [3.05, 3.63) is 20.8 Å². The van der Waals surface area contributed by atoms with Gasteiger partial charge >= 0.3 is 0 Å². The molecule has 0 spiro atoms. The molecule has 3 rings (SSSR count). The number of thiophene rings is 1. The molecule has 0 bridgehead atoms. The highest BCUT2D eigenvalue weighted by atomic mass is 79.9. The Balaban J connectivity index is 1.49. The molecule has 2 aliphatic rings. The molecule has 1 saturated carbocycles. The summed E-state index contributed by atoms with van der Waals surface area (Å²) in [6.07, 6.45) is 6.25. The highest BCUT2D eigenvalue weighted by molar-refractivity contribution is 9.11. The molecule has 0 aromatic carbocycles. The summed E-state index contributed by atoms with van der Waals surface area (Å²) in [7, 11) is 0. The van der Waals surface area contributed by atoms with Crippen LogP contribution < -0.4 is 5.32 Å². The number of carbonyl (C=O) groups is 2. The number of carbonyl (C=O) groups excluding carboxylic acids is 2. The average Bonchev–Trinajstić information content (AvgIpc) is 3.18. The lowest BCUT2D eigenvalue weighted by Crippen LogP contribution is -2.44. The monoisotopic (exact) mass is 384 g/mol. The van der Waals surface area contributed by atoms with Crippen LogP contribution in [0.4, 0.5) is 0 Å². The molecule has 120 valence electrons. The maximum absolute atomic E-state index is 12.4. The van der Waals surface area contributed by atoms with E-state index in [9.17, 15) is 9.59 Å². The normalized spacial score (nSPS) is 20.3. The Kier molecular flexibility index (Phi) is 5.18. The third-order valence-electron chi connectivity index (χ3n) is 4.64. The lowest BCUT2D eigenvalue weighted by molar-refractivity contribution is -0.127. The van der Waals surface area contributed by atoms with Crippen LogP contribution in [0.3, 0.4) is 0 Å². The number of nitrogens with one attached hydrogen (secondary N) is 1. The number of rotatable bonds is 3. The third-order valence-corrected chi connectivity index (χ3v) is 6.25. The molecule has 1 N–H and O–H groups in total. The maximum atomic E-state index is 12.4. The summed E-state index contributed by atoms with van der Waals surface area (Å²) in [5.74, 6) is 0.350. The molecule has 0 unspecified atom stereocenters. The molecule has 1 aliphatic heterocycles. The van der Waals surface area contributed by atoms with Crippen molar-refractivity contribution in [3.8, 4) is 0 Å². The van der Waals surface area contributed by atoms with Gasteiger partial charge in [0.05, 0.1) is 8.66 Å². The molecule has 1 aromatic rings. The topological polar surface area (TPSA) is 49.4 Å². The first kappa shape index (κ1) is 16.0. The molecular weight excluding hydrogens is 364 g/mol. The third kappa shape index (κ3) is 3.71. The molecule has 6 heteroatoms. The van der Waals surface area contributed by atoms with Crippen molar-refractivity contribution in [1.29, 1.82) is 0 Å². The summed E-state index contributed by atoms with van der Waals surface area (Å²) < 4.78 is 0.974. The Morgan fingerprint density at radius 2 is 1.82 bits per heavy atom. The van der Waals surface area contributed by atoms with Crippen LogP contribution in [-0.4, -0.2) is 35.8 Å². The largest absolute Gasteiger partial charge is 0.353 e. The van der Waals surface area contributed by atoms with Crippen LogP contribution in [-0.2, 0) is 4.79 Å². The number of likely N-dealkylation sites (tertiary alicyclic amines) is 1. The van der Waals surface area contributed by atoms with Crippen LogP contribution >= 0.6 is 27.3 Å². The first-order valence-electron chi connectivity index (χ1n) is 7.98. The Hall–Kier alpha value is -0.880. The van der Waals surface area contributed by atoms with E-state index in [1.165, 1.54) is 24.2 Å². The van der Waals surface area contributed by atoms with E-state index in [4.69, 9.17) is 0 Å². The zero-order valence-electron chi connectivity index (χ0n) is 12.5. The van der Waals surface area contributed by atoms with Crippen molar-refractivity contribution in [1.82, 2.24) is 10.2 Å². The summed E-state index contributed by atoms with van der Waals surface area (Å²) in [6, 6.07) is 4.14. The van der Waals surface area contributed by atoms with E-state index in [-0.39, 0.29) is 17.7 Å². The zero-order valence-corrected chi connectivity index (χ0v) is 14.9. The number of hydrogen-bond acceptors (Lipinski definition) is 3.